The molecule has 4 nitrogen and oxygen atoms in total. The number of benzene rings is 1. The fourth-order valence-corrected chi connectivity index (χ4v) is 3.57. The lowest BCUT2D eigenvalue weighted by molar-refractivity contribution is -0.116. The van der Waals surface area contributed by atoms with E-state index in [1.165, 1.54) is 18.9 Å². The summed E-state index contributed by atoms with van der Waals surface area (Å²) in [7, 11) is 3.14. The molecule has 1 rings (SSSR count). The first-order valence-electron chi connectivity index (χ1n) is 7.84. The summed E-state index contributed by atoms with van der Waals surface area (Å²) >= 11 is 14.0. The summed E-state index contributed by atoms with van der Waals surface area (Å²) in [5, 5.41) is 1.50. The molecule has 138 valence electrons. The molecule has 25 heavy (non-hydrogen) atoms. The summed E-state index contributed by atoms with van der Waals surface area (Å²) in [6, 6.07) is 3.43. The molecular formula is C18H23Cl2NO3S. The quantitative estimate of drug-likeness (QED) is 0.315. The second-order valence-electron chi connectivity index (χ2n) is 5.29. The fraction of sp³-hybridized carbons (Fsp3) is 0.444. The van der Waals surface area contributed by atoms with Crippen molar-refractivity contribution in [2.45, 2.75) is 33.6 Å². The fourth-order valence-electron chi connectivity index (χ4n) is 1.87. The summed E-state index contributed by atoms with van der Waals surface area (Å²) in [6.07, 6.45) is 1.32. The number of allylic oxidation sites excluding steroid dienone is 1. The van der Waals surface area contributed by atoms with Crippen LogP contribution in [-0.4, -0.2) is 31.6 Å². The molecule has 0 aliphatic heterocycles. The molecule has 0 unspecified atom stereocenters. The lowest BCUT2D eigenvalue weighted by Crippen LogP contribution is -2.09. The molecule has 0 aliphatic carbocycles. The smallest absolute Gasteiger partial charge is 0.224 e. The highest BCUT2D eigenvalue weighted by Gasteiger charge is 2.18. The van der Waals surface area contributed by atoms with Crippen molar-refractivity contribution in [3.8, 4) is 5.75 Å². The number of Topliss-reactive ketones (excluding diaryl/α,β-unsaturated/α-hetero) is 1. The van der Waals surface area contributed by atoms with Gasteiger partial charge in [-0.25, -0.2) is 0 Å². The van der Waals surface area contributed by atoms with E-state index in [9.17, 15) is 4.79 Å². The molecule has 0 saturated heterocycles. The molecule has 0 radical (unpaired) electrons. The van der Waals surface area contributed by atoms with Crippen LogP contribution in [0.1, 0.15) is 39.2 Å². The third-order valence-electron chi connectivity index (χ3n) is 3.44. The number of ketones is 1. The topological polar surface area (TPSA) is 47.9 Å². The number of thioether (sulfide) groups is 1. The number of aliphatic imine (C=N–C) groups is 1. The zero-order valence-electron chi connectivity index (χ0n) is 15.1. The normalized spacial score (nSPS) is 12.7. The van der Waals surface area contributed by atoms with Crippen LogP contribution in [0.5, 0.6) is 5.75 Å². The van der Waals surface area contributed by atoms with E-state index in [0.29, 0.717) is 39.4 Å². The molecule has 1 aromatic carbocycles. The number of rotatable bonds is 8. The van der Waals surface area contributed by atoms with Gasteiger partial charge in [0, 0.05) is 19.2 Å². The lowest BCUT2D eigenvalue weighted by atomic mass is 10.2. The summed E-state index contributed by atoms with van der Waals surface area (Å²) in [5.41, 5.74) is 1.67. The van der Waals surface area contributed by atoms with Crippen LogP contribution in [0.4, 0.5) is 0 Å². The van der Waals surface area contributed by atoms with E-state index in [-0.39, 0.29) is 5.78 Å². The Labute approximate surface area is 163 Å². The Morgan fingerprint density at radius 2 is 1.96 bits per heavy atom. The number of carbonyl (C=O) groups excluding carboxylic acids is 1. The van der Waals surface area contributed by atoms with Crippen LogP contribution in [0.25, 0.3) is 0 Å². The minimum atomic E-state index is 0.149. The maximum atomic E-state index is 11.2. The molecule has 0 saturated carbocycles. The lowest BCUT2D eigenvalue weighted by Gasteiger charge is -2.16. The molecule has 0 aliphatic rings. The van der Waals surface area contributed by atoms with E-state index in [1.807, 2.05) is 13.8 Å². The molecule has 0 amide bonds. The van der Waals surface area contributed by atoms with Gasteiger partial charge < -0.3 is 9.47 Å². The summed E-state index contributed by atoms with van der Waals surface area (Å²) in [6.45, 7) is 5.62. The maximum absolute atomic E-state index is 11.2. The molecule has 0 aromatic heterocycles. The van der Waals surface area contributed by atoms with E-state index in [1.54, 1.807) is 26.1 Å². The van der Waals surface area contributed by atoms with Gasteiger partial charge in [0.15, 0.2) is 10.8 Å². The van der Waals surface area contributed by atoms with E-state index >= 15 is 0 Å². The monoisotopic (exact) mass is 403 g/mol. The Bertz CT molecular complexity index is 687. The summed E-state index contributed by atoms with van der Waals surface area (Å²) < 4.78 is 11.3. The van der Waals surface area contributed by atoms with Gasteiger partial charge in [0.2, 0.25) is 5.90 Å². The van der Waals surface area contributed by atoms with E-state index in [4.69, 9.17) is 32.7 Å². The second kappa shape index (κ2) is 10.7. The molecule has 7 heteroatoms. The minimum Gasteiger partial charge on any atom is -0.494 e. The molecule has 0 atom stereocenters. The number of hydrogen-bond donors (Lipinski definition) is 0. The van der Waals surface area contributed by atoms with Crippen LogP contribution in [0.3, 0.4) is 0 Å². The van der Waals surface area contributed by atoms with Crippen LogP contribution in [0, 0.1) is 0 Å². The SMILES string of the molecule is CCC(C)=C(OC(=NC)c1ccc(Cl)c(OC)c1Cl)SCCC(C)=O. The van der Waals surface area contributed by atoms with Gasteiger partial charge in [-0.3, -0.25) is 9.79 Å². The number of ether oxygens (including phenoxy) is 2. The van der Waals surface area contributed by atoms with E-state index in [2.05, 4.69) is 4.99 Å². The van der Waals surface area contributed by atoms with Crippen LogP contribution in [-0.2, 0) is 9.53 Å². The Morgan fingerprint density at radius 1 is 1.28 bits per heavy atom. The average Bonchev–Trinajstić information content (AvgIpc) is 2.58. The first-order chi connectivity index (χ1) is 11.8. The van der Waals surface area contributed by atoms with Crippen molar-refractivity contribution in [3.63, 3.8) is 0 Å². The zero-order chi connectivity index (χ0) is 19.0. The molecule has 0 fully saturated rings. The minimum absolute atomic E-state index is 0.149. The first-order valence-corrected chi connectivity index (χ1v) is 9.58. The molecule has 0 heterocycles. The summed E-state index contributed by atoms with van der Waals surface area (Å²) in [4.78, 5) is 15.4. The number of methoxy groups -OCH3 is 1. The van der Waals surface area contributed by atoms with Crippen molar-refractivity contribution in [2.75, 3.05) is 19.9 Å². The summed E-state index contributed by atoms with van der Waals surface area (Å²) in [5.74, 6) is 1.55. The van der Waals surface area contributed by atoms with Crippen LogP contribution in [0.15, 0.2) is 27.8 Å². The van der Waals surface area contributed by atoms with E-state index < -0.39 is 0 Å². The highest BCUT2D eigenvalue weighted by molar-refractivity contribution is 8.02. The molecule has 0 spiro atoms. The molecule has 0 N–H and O–H groups in total. The second-order valence-corrected chi connectivity index (χ2v) is 7.15. The Balaban J connectivity index is 3.12. The van der Waals surface area contributed by atoms with Gasteiger partial charge in [-0.2, -0.15) is 0 Å². The highest BCUT2D eigenvalue weighted by Crippen LogP contribution is 2.36. The number of halogens is 2. The van der Waals surface area contributed by atoms with Crippen LogP contribution >= 0.6 is 35.0 Å². The molecule has 1 aromatic rings. The van der Waals surface area contributed by atoms with Gasteiger partial charge in [-0.05, 0) is 38.0 Å². The average molecular weight is 404 g/mol. The maximum Gasteiger partial charge on any atom is 0.224 e. The van der Waals surface area contributed by atoms with Crippen LogP contribution in [0.2, 0.25) is 10.0 Å². The zero-order valence-corrected chi connectivity index (χ0v) is 17.4. The van der Waals surface area contributed by atoms with E-state index in [0.717, 1.165) is 17.1 Å². The van der Waals surface area contributed by atoms with Gasteiger partial charge in [0.05, 0.1) is 22.7 Å². The first kappa shape index (κ1) is 21.9. The number of carbonyl (C=O) groups is 1. The van der Waals surface area contributed by atoms with Crippen LogP contribution < -0.4 is 4.74 Å². The molecule has 0 bridgehead atoms. The third kappa shape index (κ3) is 6.24. The van der Waals surface area contributed by atoms with Gasteiger partial charge in [0.1, 0.15) is 5.78 Å². The number of hydrogen-bond acceptors (Lipinski definition) is 5. The Kier molecular flexibility index (Phi) is 9.39. The predicted octanol–water partition coefficient (Wildman–Crippen LogP) is 5.75. The standard InChI is InChI=1S/C18H23Cl2NO3S/c1-6-11(2)18(25-10-9-12(3)22)24-17(21-4)13-7-8-14(19)16(23-5)15(13)20/h7-8H,6,9-10H2,1-5H3. The molecular weight excluding hydrogens is 381 g/mol. The van der Waals surface area contributed by atoms with Crippen molar-refractivity contribution in [1.29, 1.82) is 0 Å². The van der Waals surface area contributed by atoms with Gasteiger partial charge >= 0.3 is 0 Å². The van der Waals surface area contributed by atoms with Crippen molar-refractivity contribution in [3.05, 3.63) is 38.4 Å². The third-order valence-corrected chi connectivity index (χ3v) is 5.22. The van der Waals surface area contributed by atoms with Gasteiger partial charge in [0.25, 0.3) is 0 Å². The van der Waals surface area contributed by atoms with Crippen molar-refractivity contribution < 1.29 is 14.3 Å². The largest absolute Gasteiger partial charge is 0.494 e. The van der Waals surface area contributed by atoms with Crippen molar-refractivity contribution >= 4 is 46.6 Å². The van der Waals surface area contributed by atoms with Gasteiger partial charge in [-0.1, -0.05) is 41.9 Å². The van der Waals surface area contributed by atoms with Crippen molar-refractivity contribution in [1.82, 2.24) is 0 Å². The van der Waals surface area contributed by atoms with Crippen molar-refractivity contribution in [2.24, 2.45) is 4.99 Å². The van der Waals surface area contributed by atoms with Gasteiger partial charge in [-0.15, -0.1) is 0 Å². The highest BCUT2D eigenvalue weighted by atomic mass is 35.5. The number of nitrogens with zero attached hydrogens (tertiary/aromatic N) is 1. The predicted molar refractivity (Wildman–Crippen MR) is 107 cm³/mol. The Hall–Kier alpha value is -1.17. The Morgan fingerprint density at radius 3 is 2.48 bits per heavy atom.